The second-order valence-corrected chi connectivity index (χ2v) is 3.75. The number of rotatable bonds is 7. The summed E-state index contributed by atoms with van der Waals surface area (Å²) < 4.78 is 0. The van der Waals surface area contributed by atoms with Gasteiger partial charge in [0.1, 0.15) is 0 Å². The molecule has 94 valence electrons. The van der Waals surface area contributed by atoms with Gasteiger partial charge < -0.3 is 0 Å². The molecule has 2 amide bonds. The van der Waals surface area contributed by atoms with Crippen molar-refractivity contribution in [2.45, 2.75) is 38.5 Å². The molecule has 6 heteroatoms. The molecular formula is C10H20N2O4. The maximum absolute atomic E-state index is 11.0. The first-order valence-electron chi connectivity index (χ1n) is 5.36. The number of hydrogen-bond donors (Lipinski definition) is 2. The minimum Gasteiger partial charge on any atom is -0.286 e. The van der Waals surface area contributed by atoms with Gasteiger partial charge in [-0.25, -0.2) is 10.1 Å². The Morgan fingerprint density at radius 1 is 0.812 bits per heavy atom. The lowest BCUT2D eigenvalue weighted by atomic mass is 10.1. The maximum Gasteiger partial charge on any atom is 0.245 e. The first-order valence-corrected chi connectivity index (χ1v) is 5.36. The van der Waals surface area contributed by atoms with E-state index in [0.29, 0.717) is 35.8 Å². The molecule has 0 rings (SSSR count). The molecule has 6 nitrogen and oxygen atoms in total. The molecule has 0 heterocycles. The topological polar surface area (TPSA) is 81.1 Å². The largest absolute Gasteiger partial charge is 0.286 e. The number of carbonyl (C=O) groups excluding carboxylic acids is 2. The summed E-state index contributed by atoms with van der Waals surface area (Å²) in [6.45, 7) is 0. The van der Waals surface area contributed by atoms with Crippen molar-refractivity contribution in [3.05, 3.63) is 0 Å². The fourth-order valence-corrected chi connectivity index (χ4v) is 1.23. The lowest BCUT2D eigenvalue weighted by Gasteiger charge is -2.08. The van der Waals surface area contributed by atoms with Crippen LogP contribution in [0.5, 0.6) is 0 Å². The van der Waals surface area contributed by atoms with Crippen LogP contribution in [0.4, 0.5) is 0 Å². The van der Waals surface area contributed by atoms with Gasteiger partial charge in [-0.3, -0.25) is 20.0 Å². The maximum atomic E-state index is 11.0. The van der Waals surface area contributed by atoms with Crippen LogP contribution < -0.4 is 0 Å². The molecule has 0 saturated heterocycles. The van der Waals surface area contributed by atoms with E-state index < -0.39 is 0 Å². The Labute approximate surface area is 95.4 Å². The summed E-state index contributed by atoms with van der Waals surface area (Å²) in [6, 6.07) is 0. The Morgan fingerprint density at radius 3 is 1.38 bits per heavy atom. The number of hydrogen-bond acceptors (Lipinski definition) is 4. The zero-order chi connectivity index (χ0) is 12.6. The third-order valence-electron chi connectivity index (χ3n) is 2.25. The molecule has 0 saturated carbocycles. The summed E-state index contributed by atoms with van der Waals surface area (Å²) in [5.41, 5.74) is 0. The molecule has 0 aliphatic rings. The third kappa shape index (κ3) is 7.19. The molecule has 0 unspecified atom stereocenters. The zero-order valence-corrected chi connectivity index (χ0v) is 9.85. The van der Waals surface area contributed by atoms with E-state index in [1.165, 1.54) is 14.1 Å². The van der Waals surface area contributed by atoms with Crippen molar-refractivity contribution in [1.29, 1.82) is 0 Å². The van der Waals surface area contributed by atoms with E-state index in [-0.39, 0.29) is 11.8 Å². The van der Waals surface area contributed by atoms with Crippen LogP contribution in [-0.4, -0.2) is 46.5 Å². The predicted octanol–water partition coefficient (Wildman–Crippen LogP) is 1.02. The molecule has 0 aromatic carbocycles. The lowest BCUT2D eigenvalue weighted by Crippen LogP contribution is -2.22. The van der Waals surface area contributed by atoms with Crippen molar-refractivity contribution >= 4 is 11.8 Å². The highest BCUT2D eigenvalue weighted by molar-refractivity contribution is 5.74. The Hall–Kier alpha value is -1.14. The zero-order valence-electron chi connectivity index (χ0n) is 9.85. The molecule has 0 bridgehead atoms. The molecule has 0 aliphatic carbocycles. The van der Waals surface area contributed by atoms with Gasteiger partial charge in [-0.1, -0.05) is 12.8 Å². The van der Waals surface area contributed by atoms with Crippen LogP contribution in [0, 0.1) is 0 Å². The van der Waals surface area contributed by atoms with E-state index in [1.807, 2.05) is 0 Å². The third-order valence-corrected chi connectivity index (χ3v) is 2.25. The van der Waals surface area contributed by atoms with Gasteiger partial charge >= 0.3 is 0 Å². The van der Waals surface area contributed by atoms with Crippen LogP contribution in [-0.2, 0) is 9.59 Å². The number of hydroxylamine groups is 4. The van der Waals surface area contributed by atoms with E-state index in [9.17, 15) is 9.59 Å². The van der Waals surface area contributed by atoms with Gasteiger partial charge in [0.2, 0.25) is 11.8 Å². The van der Waals surface area contributed by atoms with Crippen molar-refractivity contribution in [1.82, 2.24) is 10.1 Å². The van der Waals surface area contributed by atoms with Crippen LogP contribution in [0.2, 0.25) is 0 Å². The molecule has 0 aromatic heterocycles. The van der Waals surface area contributed by atoms with E-state index in [2.05, 4.69) is 0 Å². The molecule has 0 fully saturated rings. The summed E-state index contributed by atoms with van der Waals surface area (Å²) >= 11 is 0. The first kappa shape index (κ1) is 14.9. The molecule has 0 aliphatic heterocycles. The molecule has 2 N–H and O–H groups in total. The van der Waals surface area contributed by atoms with Crippen LogP contribution in [0.3, 0.4) is 0 Å². The van der Waals surface area contributed by atoms with Gasteiger partial charge in [0.05, 0.1) is 0 Å². The van der Waals surface area contributed by atoms with Crippen LogP contribution in [0.25, 0.3) is 0 Å². The average Bonchev–Trinajstić information content (AvgIpc) is 2.21. The highest BCUT2D eigenvalue weighted by Gasteiger charge is 2.06. The van der Waals surface area contributed by atoms with E-state index in [0.717, 1.165) is 12.8 Å². The quantitative estimate of drug-likeness (QED) is 0.390. The number of nitrogens with zero attached hydrogens (tertiary/aromatic N) is 2. The van der Waals surface area contributed by atoms with Gasteiger partial charge in [-0.2, -0.15) is 0 Å². The van der Waals surface area contributed by atoms with E-state index in [1.54, 1.807) is 0 Å². The highest BCUT2D eigenvalue weighted by Crippen LogP contribution is 2.07. The first-order chi connectivity index (χ1) is 7.45. The molecule has 0 spiro atoms. The Kier molecular flexibility index (Phi) is 7.49. The monoisotopic (exact) mass is 232 g/mol. The molecule has 0 atom stereocenters. The number of carbonyl (C=O) groups is 2. The Morgan fingerprint density at radius 2 is 1.12 bits per heavy atom. The second kappa shape index (κ2) is 8.06. The van der Waals surface area contributed by atoms with Crippen LogP contribution >= 0.6 is 0 Å². The van der Waals surface area contributed by atoms with Crippen LogP contribution in [0.15, 0.2) is 0 Å². The van der Waals surface area contributed by atoms with E-state index in [4.69, 9.17) is 10.4 Å². The highest BCUT2D eigenvalue weighted by atomic mass is 16.5. The minimum atomic E-state index is -0.300. The van der Waals surface area contributed by atoms with Gasteiger partial charge in [0.25, 0.3) is 0 Å². The van der Waals surface area contributed by atoms with Gasteiger partial charge in [0, 0.05) is 26.9 Å². The normalized spacial score (nSPS) is 10.0. The Bertz CT molecular complexity index is 205. The lowest BCUT2D eigenvalue weighted by molar-refractivity contribution is -0.160. The smallest absolute Gasteiger partial charge is 0.245 e. The predicted molar refractivity (Wildman–Crippen MR) is 56.8 cm³/mol. The fourth-order valence-electron chi connectivity index (χ4n) is 1.23. The van der Waals surface area contributed by atoms with Crippen LogP contribution in [0.1, 0.15) is 38.5 Å². The van der Waals surface area contributed by atoms with Crippen molar-refractivity contribution in [3.63, 3.8) is 0 Å². The SMILES string of the molecule is CN(O)C(=O)CCCCCCC(=O)N(C)O. The summed E-state index contributed by atoms with van der Waals surface area (Å²) in [4.78, 5) is 21.9. The fraction of sp³-hybridized carbons (Fsp3) is 0.800. The van der Waals surface area contributed by atoms with E-state index >= 15 is 0 Å². The number of unbranched alkanes of at least 4 members (excludes halogenated alkanes) is 3. The molecule has 0 radical (unpaired) electrons. The summed E-state index contributed by atoms with van der Waals surface area (Å²) in [6.07, 6.45) is 3.71. The molecular weight excluding hydrogens is 212 g/mol. The molecule has 16 heavy (non-hydrogen) atoms. The van der Waals surface area contributed by atoms with Crippen molar-refractivity contribution in [2.75, 3.05) is 14.1 Å². The summed E-state index contributed by atoms with van der Waals surface area (Å²) in [7, 11) is 2.61. The van der Waals surface area contributed by atoms with Crippen molar-refractivity contribution < 1.29 is 20.0 Å². The van der Waals surface area contributed by atoms with Gasteiger partial charge in [-0.15, -0.1) is 0 Å². The minimum absolute atomic E-state index is 0.300. The second-order valence-electron chi connectivity index (χ2n) is 3.75. The summed E-state index contributed by atoms with van der Waals surface area (Å²) in [5, 5.41) is 18.7. The summed E-state index contributed by atoms with van der Waals surface area (Å²) in [5.74, 6) is -0.600. The van der Waals surface area contributed by atoms with Gasteiger partial charge in [0.15, 0.2) is 0 Å². The van der Waals surface area contributed by atoms with Crippen molar-refractivity contribution in [3.8, 4) is 0 Å². The molecule has 0 aromatic rings. The number of amides is 2. The Balaban J connectivity index is 3.35. The standard InChI is InChI=1S/C10H20N2O4/c1-11(15)9(13)7-5-3-4-6-8-10(14)12(2)16/h15-16H,3-8H2,1-2H3. The van der Waals surface area contributed by atoms with Gasteiger partial charge in [-0.05, 0) is 12.8 Å². The average molecular weight is 232 g/mol. The van der Waals surface area contributed by atoms with Crippen molar-refractivity contribution in [2.24, 2.45) is 0 Å².